The van der Waals surface area contributed by atoms with E-state index in [1.807, 2.05) is 6.92 Å². The summed E-state index contributed by atoms with van der Waals surface area (Å²) >= 11 is 0. The molecule has 0 aromatic heterocycles. The number of hydrogen-bond acceptors (Lipinski definition) is 2. The van der Waals surface area contributed by atoms with Crippen LogP contribution in [-0.2, 0) is 4.79 Å². The number of fused-ring (bicyclic) bond motifs is 1. The van der Waals surface area contributed by atoms with Gasteiger partial charge in [0, 0.05) is 6.54 Å². The fraction of sp³-hybridized carbons (Fsp3) is 0.389. The lowest BCUT2D eigenvalue weighted by atomic mass is 9.84. The lowest BCUT2D eigenvalue weighted by molar-refractivity contribution is -0.123. The first-order chi connectivity index (χ1) is 10.3. The van der Waals surface area contributed by atoms with E-state index in [0.29, 0.717) is 12.5 Å². The number of carbonyl (C=O) groups excluding carboxylic acids is 1. The van der Waals surface area contributed by atoms with Gasteiger partial charge in [0.15, 0.2) is 0 Å². The second kappa shape index (κ2) is 6.27. The van der Waals surface area contributed by atoms with Gasteiger partial charge in [-0.2, -0.15) is 0 Å². The van der Waals surface area contributed by atoms with Crippen LogP contribution in [0.5, 0.6) is 0 Å². The summed E-state index contributed by atoms with van der Waals surface area (Å²) < 4.78 is 0. The molecule has 3 heteroatoms. The Labute approximate surface area is 125 Å². The number of amides is 1. The minimum absolute atomic E-state index is 0.0670. The third kappa shape index (κ3) is 2.93. The lowest BCUT2D eigenvalue weighted by Gasteiger charge is -2.30. The molecule has 1 saturated heterocycles. The van der Waals surface area contributed by atoms with Gasteiger partial charge in [-0.25, -0.2) is 0 Å². The number of nitrogens with one attached hydrogen (secondary N) is 2. The molecule has 110 valence electrons. The molecule has 2 aromatic carbocycles. The first-order valence-electron chi connectivity index (χ1n) is 7.78. The van der Waals surface area contributed by atoms with Crippen molar-refractivity contribution in [1.29, 1.82) is 0 Å². The summed E-state index contributed by atoms with van der Waals surface area (Å²) in [6.45, 7) is 3.55. The summed E-state index contributed by atoms with van der Waals surface area (Å²) in [6.07, 6.45) is 1.96. The van der Waals surface area contributed by atoms with Gasteiger partial charge in [0.25, 0.3) is 0 Å². The Morgan fingerprint density at radius 1 is 1.24 bits per heavy atom. The standard InChI is InChI=1S/C18H22N2O/c1-2-19-18(21)17-12-14(10-11-20-17)16-9-5-7-13-6-3-4-8-15(13)16/h3-9,14,17,20H,2,10-12H2,1H3,(H,19,21). The summed E-state index contributed by atoms with van der Waals surface area (Å²) in [5.74, 6) is 0.576. The average molecular weight is 282 g/mol. The van der Waals surface area contributed by atoms with Crippen molar-refractivity contribution in [2.24, 2.45) is 0 Å². The third-order valence-electron chi connectivity index (χ3n) is 4.33. The smallest absolute Gasteiger partial charge is 0.237 e. The van der Waals surface area contributed by atoms with Gasteiger partial charge in [0.2, 0.25) is 5.91 Å². The quantitative estimate of drug-likeness (QED) is 0.909. The highest BCUT2D eigenvalue weighted by Crippen LogP contribution is 2.32. The van der Waals surface area contributed by atoms with Gasteiger partial charge in [-0.15, -0.1) is 0 Å². The van der Waals surface area contributed by atoms with Gasteiger partial charge < -0.3 is 10.6 Å². The zero-order valence-electron chi connectivity index (χ0n) is 12.4. The number of hydrogen-bond donors (Lipinski definition) is 2. The fourth-order valence-electron chi connectivity index (χ4n) is 3.30. The van der Waals surface area contributed by atoms with Crippen LogP contribution in [0.3, 0.4) is 0 Å². The zero-order valence-corrected chi connectivity index (χ0v) is 12.4. The molecule has 1 fully saturated rings. The minimum Gasteiger partial charge on any atom is -0.355 e. The molecule has 3 rings (SSSR count). The van der Waals surface area contributed by atoms with Crippen LogP contribution in [0.25, 0.3) is 10.8 Å². The maximum absolute atomic E-state index is 12.1. The van der Waals surface area contributed by atoms with Crippen molar-refractivity contribution < 1.29 is 4.79 Å². The molecule has 0 radical (unpaired) electrons. The van der Waals surface area contributed by atoms with E-state index >= 15 is 0 Å². The highest BCUT2D eigenvalue weighted by atomic mass is 16.2. The predicted molar refractivity (Wildman–Crippen MR) is 86.4 cm³/mol. The molecular formula is C18H22N2O. The molecule has 0 spiro atoms. The molecular weight excluding hydrogens is 260 g/mol. The first kappa shape index (κ1) is 14.1. The summed E-state index contributed by atoms with van der Waals surface area (Å²) in [5, 5.41) is 8.86. The number of likely N-dealkylation sites (N-methyl/N-ethyl adjacent to an activating group) is 1. The molecule has 2 atom stereocenters. The van der Waals surface area contributed by atoms with E-state index < -0.39 is 0 Å². The Kier molecular flexibility index (Phi) is 4.20. The third-order valence-corrected chi connectivity index (χ3v) is 4.33. The predicted octanol–water partition coefficient (Wildman–Crippen LogP) is 2.81. The van der Waals surface area contributed by atoms with E-state index in [1.165, 1.54) is 16.3 Å². The Balaban J connectivity index is 1.87. The average Bonchev–Trinajstić information content (AvgIpc) is 2.55. The van der Waals surface area contributed by atoms with E-state index in [0.717, 1.165) is 19.4 Å². The largest absolute Gasteiger partial charge is 0.355 e. The normalized spacial score (nSPS) is 22.1. The van der Waals surface area contributed by atoms with Crippen molar-refractivity contribution in [1.82, 2.24) is 10.6 Å². The summed E-state index contributed by atoms with van der Waals surface area (Å²) in [6, 6.07) is 14.9. The van der Waals surface area contributed by atoms with Gasteiger partial charge in [-0.1, -0.05) is 42.5 Å². The molecule has 3 nitrogen and oxygen atoms in total. The first-order valence-corrected chi connectivity index (χ1v) is 7.78. The Hall–Kier alpha value is -1.87. The van der Waals surface area contributed by atoms with Crippen LogP contribution in [-0.4, -0.2) is 25.0 Å². The number of piperidine rings is 1. The van der Waals surface area contributed by atoms with Crippen LogP contribution in [0.15, 0.2) is 42.5 Å². The molecule has 1 aliphatic rings. The molecule has 0 saturated carbocycles. The molecule has 1 amide bonds. The van der Waals surface area contributed by atoms with E-state index in [4.69, 9.17) is 0 Å². The Bertz CT molecular complexity index is 633. The highest BCUT2D eigenvalue weighted by Gasteiger charge is 2.28. The van der Waals surface area contributed by atoms with Crippen molar-refractivity contribution in [3.05, 3.63) is 48.0 Å². The fourth-order valence-corrected chi connectivity index (χ4v) is 3.30. The van der Waals surface area contributed by atoms with Crippen LogP contribution < -0.4 is 10.6 Å². The minimum atomic E-state index is -0.0670. The molecule has 1 heterocycles. The summed E-state index contributed by atoms with van der Waals surface area (Å²) in [7, 11) is 0. The summed E-state index contributed by atoms with van der Waals surface area (Å²) in [5.41, 5.74) is 1.38. The van der Waals surface area contributed by atoms with Crippen molar-refractivity contribution in [3.8, 4) is 0 Å². The monoisotopic (exact) mass is 282 g/mol. The number of rotatable bonds is 3. The van der Waals surface area contributed by atoms with E-state index in [2.05, 4.69) is 53.1 Å². The van der Waals surface area contributed by atoms with Crippen LogP contribution in [0.4, 0.5) is 0 Å². The highest BCUT2D eigenvalue weighted by molar-refractivity contribution is 5.86. The second-order valence-corrected chi connectivity index (χ2v) is 5.69. The molecule has 0 aliphatic carbocycles. The maximum Gasteiger partial charge on any atom is 0.237 e. The van der Waals surface area contributed by atoms with E-state index in [-0.39, 0.29) is 11.9 Å². The van der Waals surface area contributed by atoms with E-state index in [1.54, 1.807) is 0 Å². The van der Waals surface area contributed by atoms with E-state index in [9.17, 15) is 4.79 Å². The Morgan fingerprint density at radius 2 is 2.05 bits per heavy atom. The lowest BCUT2D eigenvalue weighted by Crippen LogP contribution is -2.48. The zero-order chi connectivity index (χ0) is 14.7. The van der Waals surface area contributed by atoms with Crippen molar-refractivity contribution in [3.63, 3.8) is 0 Å². The van der Waals surface area contributed by atoms with Crippen LogP contribution in [0.1, 0.15) is 31.2 Å². The van der Waals surface area contributed by atoms with Crippen molar-refractivity contribution in [2.75, 3.05) is 13.1 Å². The molecule has 1 aliphatic heterocycles. The number of carbonyl (C=O) groups is 1. The van der Waals surface area contributed by atoms with Crippen LogP contribution >= 0.6 is 0 Å². The van der Waals surface area contributed by atoms with Gasteiger partial charge in [-0.05, 0) is 48.6 Å². The SMILES string of the molecule is CCNC(=O)C1CC(c2cccc3ccccc23)CCN1. The van der Waals surface area contributed by atoms with Gasteiger partial charge in [0.05, 0.1) is 6.04 Å². The topological polar surface area (TPSA) is 41.1 Å². The molecule has 21 heavy (non-hydrogen) atoms. The second-order valence-electron chi connectivity index (χ2n) is 5.69. The van der Waals surface area contributed by atoms with Gasteiger partial charge in [0.1, 0.15) is 0 Å². The molecule has 2 aromatic rings. The number of benzene rings is 2. The Morgan fingerprint density at radius 3 is 2.90 bits per heavy atom. The summed E-state index contributed by atoms with van der Waals surface area (Å²) in [4.78, 5) is 12.1. The van der Waals surface area contributed by atoms with Crippen LogP contribution in [0, 0.1) is 0 Å². The van der Waals surface area contributed by atoms with Gasteiger partial charge >= 0.3 is 0 Å². The van der Waals surface area contributed by atoms with Crippen molar-refractivity contribution >= 4 is 16.7 Å². The molecule has 2 unspecified atom stereocenters. The molecule has 2 N–H and O–H groups in total. The van der Waals surface area contributed by atoms with Crippen molar-refractivity contribution in [2.45, 2.75) is 31.7 Å². The maximum atomic E-state index is 12.1. The van der Waals surface area contributed by atoms with Crippen LogP contribution in [0.2, 0.25) is 0 Å². The molecule has 0 bridgehead atoms. The van der Waals surface area contributed by atoms with Gasteiger partial charge in [-0.3, -0.25) is 4.79 Å².